The van der Waals surface area contributed by atoms with Crippen molar-refractivity contribution >= 4 is 17.6 Å². The van der Waals surface area contributed by atoms with Gasteiger partial charge in [0.15, 0.2) is 0 Å². The highest BCUT2D eigenvalue weighted by Gasteiger charge is 2.47. The number of hydrogen-bond acceptors (Lipinski definition) is 5. The second kappa shape index (κ2) is 8.17. The van der Waals surface area contributed by atoms with Crippen LogP contribution in [0.1, 0.15) is 36.5 Å². The molecule has 0 radical (unpaired) electrons. The Bertz CT molecular complexity index is 1050. The predicted molar refractivity (Wildman–Crippen MR) is 93.4 cm³/mol. The topological polar surface area (TPSA) is 79.0 Å². The number of carbonyl (C=O) groups is 1. The van der Waals surface area contributed by atoms with Gasteiger partial charge in [0.05, 0.1) is 35.3 Å². The second-order valence-corrected chi connectivity index (χ2v) is 7.23. The summed E-state index contributed by atoms with van der Waals surface area (Å²) in [6, 6.07) is -0.918. The van der Waals surface area contributed by atoms with Gasteiger partial charge in [-0.1, -0.05) is 11.6 Å². The van der Waals surface area contributed by atoms with Crippen molar-refractivity contribution in [3.8, 4) is 0 Å². The van der Waals surface area contributed by atoms with Crippen LogP contribution in [0.25, 0.3) is 0 Å². The van der Waals surface area contributed by atoms with Crippen LogP contribution in [0.15, 0.2) is 17.1 Å². The van der Waals surface area contributed by atoms with Crippen molar-refractivity contribution < 1.29 is 35.9 Å². The summed E-state index contributed by atoms with van der Waals surface area (Å²) in [4.78, 5) is 28.6. The average Bonchev–Trinajstić information content (AvgIpc) is 2.97. The number of pyridine rings is 1. The van der Waals surface area contributed by atoms with E-state index < -0.39 is 65.9 Å². The van der Waals surface area contributed by atoms with Gasteiger partial charge in [0.25, 0.3) is 0 Å². The normalized spacial score (nSPS) is 19.2. The van der Waals surface area contributed by atoms with E-state index in [1.807, 2.05) is 0 Å². The summed E-state index contributed by atoms with van der Waals surface area (Å²) in [7, 11) is 0. The van der Waals surface area contributed by atoms with Crippen molar-refractivity contribution in [1.82, 2.24) is 19.3 Å². The molecule has 3 heterocycles. The Labute approximate surface area is 175 Å². The maximum absolute atomic E-state index is 13.3. The molecule has 3 rings (SSSR count). The van der Waals surface area contributed by atoms with Gasteiger partial charge in [0, 0.05) is 12.6 Å². The molecule has 0 fully saturated rings. The van der Waals surface area contributed by atoms with Crippen LogP contribution < -0.4 is 5.69 Å². The molecule has 1 aliphatic rings. The van der Waals surface area contributed by atoms with Gasteiger partial charge in [-0.25, -0.2) is 14.3 Å². The zero-order valence-electron chi connectivity index (χ0n) is 15.8. The number of alkyl halides is 6. The minimum atomic E-state index is -4.68. The Kier molecular flexibility index (Phi) is 6.09. The van der Waals surface area contributed by atoms with Crippen LogP contribution in [0.2, 0.25) is 5.02 Å². The molecule has 170 valence electrons. The molecule has 0 aliphatic carbocycles. The smallest absolute Gasteiger partial charge is 0.417 e. The first kappa shape index (κ1) is 23.1. The van der Waals surface area contributed by atoms with E-state index in [1.165, 1.54) is 6.92 Å². The molecule has 7 nitrogen and oxygen atoms in total. The Hall–Kier alpha value is -2.57. The van der Waals surface area contributed by atoms with E-state index in [2.05, 4.69) is 10.1 Å². The maximum atomic E-state index is 13.3. The molecule has 0 unspecified atom stereocenters. The predicted octanol–water partition coefficient (Wildman–Crippen LogP) is 3.39. The van der Waals surface area contributed by atoms with Crippen LogP contribution in [0.3, 0.4) is 0 Å². The van der Waals surface area contributed by atoms with E-state index in [9.17, 15) is 35.9 Å². The van der Waals surface area contributed by atoms with Gasteiger partial charge in [-0.05, 0) is 19.4 Å². The minimum Gasteiger partial charge on any atom is -0.464 e. The van der Waals surface area contributed by atoms with Crippen molar-refractivity contribution in [2.24, 2.45) is 5.92 Å². The zero-order chi connectivity index (χ0) is 23.1. The maximum Gasteiger partial charge on any atom is 0.417 e. The highest BCUT2D eigenvalue weighted by Crippen LogP contribution is 2.38. The van der Waals surface area contributed by atoms with Gasteiger partial charge < -0.3 is 4.74 Å². The fourth-order valence-corrected chi connectivity index (χ4v) is 3.49. The van der Waals surface area contributed by atoms with Crippen molar-refractivity contribution in [1.29, 1.82) is 0 Å². The van der Waals surface area contributed by atoms with Gasteiger partial charge in [0.1, 0.15) is 11.9 Å². The van der Waals surface area contributed by atoms with Gasteiger partial charge in [-0.2, -0.15) is 31.4 Å². The molecule has 0 saturated heterocycles. The average molecular weight is 473 g/mol. The molecule has 2 aromatic heterocycles. The summed E-state index contributed by atoms with van der Waals surface area (Å²) in [6.45, 7) is 0.866. The van der Waals surface area contributed by atoms with Crippen molar-refractivity contribution in [3.05, 3.63) is 44.9 Å². The molecule has 0 amide bonds. The van der Waals surface area contributed by atoms with Crippen molar-refractivity contribution in [2.75, 3.05) is 6.61 Å². The summed E-state index contributed by atoms with van der Waals surface area (Å²) in [5.41, 5.74) is -2.17. The lowest BCUT2D eigenvalue weighted by Gasteiger charge is -2.29. The Morgan fingerprint density at radius 1 is 1.29 bits per heavy atom. The van der Waals surface area contributed by atoms with E-state index >= 15 is 0 Å². The molecular formula is C17H15ClF6N4O3. The Morgan fingerprint density at radius 3 is 2.52 bits per heavy atom. The molecule has 0 saturated carbocycles. The molecule has 2 aromatic rings. The number of esters is 1. The number of carbonyl (C=O) groups excluding carboxylic acids is 1. The van der Waals surface area contributed by atoms with Gasteiger partial charge in [0.2, 0.25) is 0 Å². The van der Waals surface area contributed by atoms with Gasteiger partial charge >= 0.3 is 24.0 Å². The lowest BCUT2D eigenvalue weighted by Crippen LogP contribution is -2.41. The highest BCUT2D eigenvalue weighted by atomic mass is 35.5. The van der Waals surface area contributed by atoms with Crippen LogP contribution in [0, 0.1) is 5.92 Å². The molecule has 0 spiro atoms. The monoisotopic (exact) mass is 472 g/mol. The molecule has 14 heteroatoms. The van der Waals surface area contributed by atoms with Crippen molar-refractivity contribution in [3.63, 3.8) is 0 Å². The number of hydrogen-bond donors (Lipinski definition) is 0. The first-order valence-corrected chi connectivity index (χ1v) is 9.33. The third kappa shape index (κ3) is 4.70. The number of fused-ring (bicyclic) bond motifs is 1. The third-order valence-electron chi connectivity index (χ3n) is 4.76. The Morgan fingerprint density at radius 2 is 1.97 bits per heavy atom. The van der Waals surface area contributed by atoms with Crippen LogP contribution in [0.4, 0.5) is 26.3 Å². The van der Waals surface area contributed by atoms with E-state index in [-0.39, 0.29) is 18.1 Å². The molecule has 0 N–H and O–H groups in total. The molecule has 31 heavy (non-hydrogen) atoms. The minimum absolute atomic E-state index is 0.102. The van der Waals surface area contributed by atoms with Crippen LogP contribution >= 0.6 is 11.6 Å². The summed E-state index contributed by atoms with van der Waals surface area (Å²) >= 11 is 5.83. The van der Waals surface area contributed by atoms with Gasteiger partial charge in [-0.15, -0.1) is 0 Å². The van der Waals surface area contributed by atoms with Gasteiger partial charge in [-0.3, -0.25) is 9.55 Å². The Balaban J connectivity index is 1.99. The molecule has 0 bridgehead atoms. The van der Waals surface area contributed by atoms with E-state index in [0.29, 0.717) is 16.9 Å². The first-order chi connectivity index (χ1) is 14.3. The third-order valence-corrected chi connectivity index (χ3v) is 5.08. The standard InChI is InChI=1S/C17H15ClF6N4O3/c1-2-31-14(29)12-4-8(16(19,20)21)5-13-26-27(15(30)28(12)13)7-11-10(18)3-9(6-25-11)17(22,23)24/h3,6,8,12H,2,4-5,7H2,1H3/t8-,12-/m1/s1. The van der Waals surface area contributed by atoms with E-state index in [4.69, 9.17) is 16.3 Å². The molecule has 2 atom stereocenters. The second-order valence-electron chi connectivity index (χ2n) is 6.82. The SMILES string of the molecule is CCOC(=O)[C@H]1C[C@@H](C(F)(F)F)Cc2nn(Cc3ncc(C(F)(F)F)cc3Cl)c(=O)n21. The van der Waals surface area contributed by atoms with E-state index in [0.717, 1.165) is 4.57 Å². The van der Waals surface area contributed by atoms with Crippen LogP contribution in [-0.2, 0) is 28.7 Å². The fourth-order valence-electron chi connectivity index (χ4n) is 3.27. The summed E-state index contributed by atoms with van der Waals surface area (Å²) in [6.07, 6.45) is -10.1. The summed E-state index contributed by atoms with van der Waals surface area (Å²) < 4.78 is 84.5. The number of rotatable bonds is 4. The molecular weight excluding hydrogens is 458 g/mol. The molecule has 1 aliphatic heterocycles. The summed E-state index contributed by atoms with van der Waals surface area (Å²) in [5.74, 6) is -3.22. The number of ether oxygens (including phenoxy) is 1. The molecule has 0 aromatic carbocycles. The number of aromatic nitrogens is 4. The summed E-state index contributed by atoms with van der Waals surface area (Å²) in [5, 5.41) is 3.45. The largest absolute Gasteiger partial charge is 0.464 e. The first-order valence-electron chi connectivity index (χ1n) is 8.96. The van der Waals surface area contributed by atoms with E-state index in [1.54, 1.807) is 0 Å². The number of nitrogens with zero attached hydrogens (tertiary/aromatic N) is 4. The quantitative estimate of drug-likeness (QED) is 0.503. The fraction of sp³-hybridized carbons (Fsp3) is 0.529. The van der Waals surface area contributed by atoms with Crippen LogP contribution in [0.5, 0.6) is 0 Å². The zero-order valence-corrected chi connectivity index (χ0v) is 16.6. The number of halogens is 7. The van der Waals surface area contributed by atoms with Crippen LogP contribution in [-0.4, -0.2) is 38.1 Å². The van der Waals surface area contributed by atoms with Crippen molar-refractivity contribution in [2.45, 2.75) is 44.7 Å². The lowest BCUT2D eigenvalue weighted by molar-refractivity contribution is -0.184. The highest BCUT2D eigenvalue weighted by molar-refractivity contribution is 6.31. The lowest BCUT2D eigenvalue weighted by atomic mass is 9.91.